The Morgan fingerprint density at radius 1 is 1.64 bits per heavy atom. The highest BCUT2D eigenvalue weighted by atomic mass is 16.3. The van der Waals surface area contributed by atoms with Gasteiger partial charge >= 0.3 is 0 Å². The van der Waals surface area contributed by atoms with Crippen LogP contribution in [-0.2, 0) is 4.79 Å². The van der Waals surface area contributed by atoms with Crippen LogP contribution in [0, 0.1) is 5.41 Å². The van der Waals surface area contributed by atoms with E-state index in [4.69, 9.17) is 10.8 Å². The van der Waals surface area contributed by atoms with E-state index in [1.54, 1.807) is 6.92 Å². The predicted octanol–water partition coefficient (Wildman–Crippen LogP) is 0.00250. The lowest BCUT2D eigenvalue weighted by Crippen LogP contribution is -2.44. The summed E-state index contributed by atoms with van der Waals surface area (Å²) >= 11 is 0. The van der Waals surface area contributed by atoms with E-state index in [1.165, 1.54) is 6.42 Å². The van der Waals surface area contributed by atoms with Gasteiger partial charge in [-0.25, -0.2) is 0 Å². The summed E-state index contributed by atoms with van der Waals surface area (Å²) in [4.78, 5) is 11.5. The third-order valence-corrected chi connectivity index (χ3v) is 3.06. The zero-order valence-corrected chi connectivity index (χ0v) is 8.75. The van der Waals surface area contributed by atoms with Crippen LogP contribution in [0.4, 0.5) is 0 Å². The molecule has 0 aromatic rings. The lowest BCUT2D eigenvalue weighted by Gasteiger charge is -2.40. The minimum atomic E-state index is -0.155. The topological polar surface area (TPSA) is 75.3 Å². The van der Waals surface area contributed by atoms with Crippen molar-refractivity contribution >= 4 is 5.91 Å². The van der Waals surface area contributed by atoms with E-state index in [2.05, 4.69) is 5.32 Å². The molecule has 4 N–H and O–H groups in total. The van der Waals surface area contributed by atoms with Gasteiger partial charge in [-0.2, -0.15) is 0 Å². The van der Waals surface area contributed by atoms with Crippen LogP contribution < -0.4 is 11.1 Å². The van der Waals surface area contributed by atoms with E-state index in [1.807, 2.05) is 0 Å². The van der Waals surface area contributed by atoms with E-state index < -0.39 is 0 Å². The Labute approximate surface area is 84.9 Å². The Kier molecular flexibility index (Phi) is 3.89. The highest BCUT2D eigenvalue weighted by Crippen LogP contribution is 2.42. The lowest BCUT2D eigenvalue weighted by molar-refractivity contribution is -0.125. The van der Waals surface area contributed by atoms with Crippen LogP contribution in [0.5, 0.6) is 0 Å². The van der Waals surface area contributed by atoms with Crippen molar-refractivity contribution in [3.05, 3.63) is 0 Å². The van der Waals surface area contributed by atoms with Gasteiger partial charge in [0.2, 0.25) is 5.91 Å². The first-order chi connectivity index (χ1) is 6.62. The fourth-order valence-corrected chi connectivity index (χ4v) is 1.84. The van der Waals surface area contributed by atoms with Crippen LogP contribution in [0.3, 0.4) is 0 Å². The van der Waals surface area contributed by atoms with Crippen LogP contribution >= 0.6 is 0 Å². The van der Waals surface area contributed by atoms with Crippen molar-refractivity contribution < 1.29 is 9.90 Å². The van der Waals surface area contributed by atoms with Gasteiger partial charge in [0.1, 0.15) is 0 Å². The number of aliphatic hydroxyl groups is 1. The molecule has 82 valence electrons. The largest absolute Gasteiger partial charge is 0.394 e. The molecule has 1 aliphatic rings. The third kappa shape index (κ3) is 2.69. The summed E-state index contributed by atoms with van der Waals surface area (Å²) in [5, 5.41) is 11.5. The molecule has 0 unspecified atom stereocenters. The molecule has 4 heteroatoms. The number of nitrogens with two attached hydrogens (primary N) is 1. The Morgan fingerprint density at radius 2 is 2.29 bits per heavy atom. The summed E-state index contributed by atoms with van der Waals surface area (Å²) in [6.45, 7) is 2.36. The van der Waals surface area contributed by atoms with Crippen molar-refractivity contribution in [3.8, 4) is 0 Å². The monoisotopic (exact) mass is 200 g/mol. The van der Waals surface area contributed by atoms with Crippen molar-refractivity contribution in [2.75, 3.05) is 13.2 Å². The number of carbonyl (C=O) groups excluding carboxylic acids is 1. The van der Waals surface area contributed by atoms with Crippen molar-refractivity contribution in [1.82, 2.24) is 5.32 Å². The highest BCUT2D eigenvalue weighted by Gasteiger charge is 2.37. The van der Waals surface area contributed by atoms with Gasteiger partial charge in [0.15, 0.2) is 0 Å². The maximum absolute atomic E-state index is 11.5. The molecule has 1 rings (SSSR count). The first kappa shape index (κ1) is 11.5. The molecular weight excluding hydrogens is 180 g/mol. The quantitative estimate of drug-likeness (QED) is 0.585. The molecule has 1 fully saturated rings. The Bertz CT molecular complexity index is 197. The first-order valence-corrected chi connectivity index (χ1v) is 5.22. The summed E-state index contributed by atoms with van der Waals surface area (Å²) < 4.78 is 0. The van der Waals surface area contributed by atoms with Crippen molar-refractivity contribution in [2.24, 2.45) is 11.1 Å². The number of amides is 1. The molecule has 1 amide bonds. The summed E-state index contributed by atoms with van der Waals surface area (Å²) in [6, 6.07) is -0.155. The molecule has 0 aliphatic heterocycles. The fraction of sp³-hybridized carbons (Fsp3) is 0.900. The molecule has 0 radical (unpaired) electrons. The molecule has 0 spiro atoms. The average Bonchev–Trinajstić information content (AvgIpc) is 2.11. The van der Waals surface area contributed by atoms with Gasteiger partial charge in [0.25, 0.3) is 0 Å². The van der Waals surface area contributed by atoms with Gasteiger partial charge in [0.05, 0.1) is 6.61 Å². The van der Waals surface area contributed by atoms with Crippen molar-refractivity contribution in [1.29, 1.82) is 0 Å². The number of hydrogen-bond acceptors (Lipinski definition) is 3. The minimum absolute atomic E-state index is 0.0108. The number of hydrogen-bond donors (Lipinski definition) is 3. The Hall–Kier alpha value is -0.610. The molecule has 0 heterocycles. The van der Waals surface area contributed by atoms with Crippen LogP contribution in [0.15, 0.2) is 0 Å². The van der Waals surface area contributed by atoms with E-state index >= 15 is 0 Å². The van der Waals surface area contributed by atoms with Crippen molar-refractivity contribution in [3.63, 3.8) is 0 Å². The van der Waals surface area contributed by atoms with Gasteiger partial charge < -0.3 is 16.2 Å². The highest BCUT2D eigenvalue weighted by molar-refractivity contribution is 5.77. The fourth-order valence-electron chi connectivity index (χ4n) is 1.84. The molecule has 14 heavy (non-hydrogen) atoms. The zero-order valence-electron chi connectivity index (χ0n) is 8.75. The molecule has 0 aromatic heterocycles. The van der Waals surface area contributed by atoms with Gasteiger partial charge in [0, 0.05) is 12.5 Å². The van der Waals surface area contributed by atoms with E-state index in [9.17, 15) is 4.79 Å². The molecule has 4 nitrogen and oxygen atoms in total. The molecule has 1 atom stereocenters. The molecule has 0 bridgehead atoms. The van der Waals surface area contributed by atoms with E-state index in [0.29, 0.717) is 13.0 Å². The van der Waals surface area contributed by atoms with Crippen molar-refractivity contribution in [2.45, 2.75) is 38.6 Å². The van der Waals surface area contributed by atoms with E-state index in [-0.39, 0.29) is 24.0 Å². The predicted molar refractivity (Wildman–Crippen MR) is 54.6 cm³/mol. The standard InChI is InChI=1S/C10H20N2O2/c1-8(6-13)12-9(14)5-10(7-11)3-2-4-10/h8,13H,2-7,11H2,1H3,(H,12,14)/t8-/m1/s1. The maximum atomic E-state index is 11.5. The van der Waals surface area contributed by atoms with Crippen LogP contribution in [0.1, 0.15) is 32.6 Å². The number of carbonyl (C=O) groups is 1. The summed E-state index contributed by atoms with van der Waals surface area (Å²) in [5.74, 6) is 0.0108. The second-order valence-corrected chi connectivity index (χ2v) is 4.39. The Morgan fingerprint density at radius 3 is 2.64 bits per heavy atom. The lowest BCUT2D eigenvalue weighted by atomic mass is 9.66. The molecule has 1 aliphatic carbocycles. The normalized spacial score (nSPS) is 21.1. The molecular formula is C10H20N2O2. The summed E-state index contributed by atoms with van der Waals surface area (Å²) in [5.41, 5.74) is 5.71. The SMILES string of the molecule is C[C@H](CO)NC(=O)CC1(CN)CCC1. The number of nitrogens with one attached hydrogen (secondary N) is 1. The Balaban J connectivity index is 2.32. The number of aliphatic hydroxyl groups excluding tert-OH is 1. The van der Waals surface area contributed by atoms with Gasteiger partial charge in [-0.05, 0) is 31.7 Å². The van der Waals surface area contributed by atoms with Crippen LogP contribution in [0.25, 0.3) is 0 Å². The molecule has 0 saturated heterocycles. The summed E-state index contributed by atoms with van der Waals surface area (Å²) in [6.07, 6.45) is 3.81. The number of rotatable bonds is 5. The summed E-state index contributed by atoms with van der Waals surface area (Å²) in [7, 11) is 0. The maximum Gasteiger partial charge on any atom is 0.220 e. The second-order valence-electron chi connectivity index (χ2n) is 4.39. The van der Waals surface area contributed by atoms with Crippen LogP contribution in [-0.4, -0.2) is 30.2 Å². The first-order valence-electron chi connectivity index (χ1n) is 5.22. The third-order valence-electron chi connectivity index (χ3n) is 3.06. The zero-order chi connectivity index (χ0) is 10.6. The average molecular weight is 200 g/mol. The van der Waals surface area contributed by atoms with E-state index in [0.717, 1.165) is 12.8 Å². The molecule has 1 saturated carbocycles. The van der Waals surface area contributed by atoms with Gasteiger partial charge in [-0.3, -0.25) is 4.79 Å². The minimum Gasteiger partial charge on any atom is -0.394 e. The second kappa shape index (κ2) is 4.75. The smallest absolute Gasteiger partial charge is 0.220 e. The van der Waals surface area contributed by atoms with Crippen LogP contribution in [0.2, 0.25) is 0 Å². The molecule has 0 aromatic carbocycles. The van der Waals surface area contributed by atoms with Gasteiger partial charge in [-0.1, -0.05) is 6.42 Å². The van der Waals surface area contributed by atoms with Gasteiger partial charge in [-0.15, -0.1) is 0 Å².